The van der Waals surface area contributed by atoms with Gasteiger partial charge in [0.1, 0.15) is 7.05 Å². The molecule has 2 nitrogen and oxygen atoms in total. The summed E-state index contributed by atoms with van der Waals surface area (Å²) in [6, 6.07) is 10.6. The maximum absolute atomic E-state index is 9.52. The number of benzene rings is 1. The molecule has 1 aliphatic rings. The topological polar surface area (TPSA) is 23.2 Å². The highest BCUT2D eigenvalue weighted by molar-refractivity contribution is 5.68. The van der Waals surface area contributed by atoms with Crippen molar-refractivity contribution in [3.8, 4) is 0 Å². The van der Waals surface area contributed by atoms with Crippen LogP contribution >= 0.6 is 0 Å². The average molecular weight is 353 g/mol. The molecule has 1 aliphatic carbocycles. The summed E-state index contributed by atoms with van der Waals surface area (Å²) in [6.07, 6.45) is 11.6. The molecule has 2 rings (SSSR count). The van der Waals surface area contributed by atoms with Crippen molar-refractivity contribution in [2.24, 2.45) is 11.8 Å². The Morgan fingerprint density at radius 1 is 1.35 bits per heavy atom. The zero-order valence-corrected chi connectivity index (χ0v) is 16.8. The van der Waals surface area contributed by atoms with Gasteiger partial charge in [0.2, 0.25) is 0 Å². The first kappa shape index (κ1) is 20.4. The molecule has 0 bridgehead atoms. The van der Waals surface area contributed by atoms with Crippen LogP contribution in [0.2, 0.25) is 0 Å². The lowest BCUT2D eigenvalue weighted by Crippen LogP contribution is -2.59. The summed E-state index contributed by atoms with van der Waals surface area (Å²) in [4.78, 5) is 0. The van der Waals surface area contributed by atoms with Crippen LogP contribution in [0.1, 0.15) is 45.6 Å². The van der Waals surface area contributed by atoms with Crippen molar-refractivity contribution in [3.05, 3.63) is 65.8 Å². The fraction of sp³-hybridized carbons (Fsp3) is 0.458. The second-order valence-corrected chi connectivity index (χ2v) is 7.67. The summed E-state index contributed by atoms with van der Waals surface area (Å²) in [5.74, 6) is 0.999. The molecule has 1 aromatic rings. The van der Waals surface area contributed by atoms with E-state index in [-0.39, 0.29) is 12.1 Å². The van der Waals surface area contributed by atoms with E-state index >= 15 is 0 Å². The van der Waals surface area contributed by atoms with E-state index in [0.29, 0.717) is 11.8 Å². The molecule has 3 unspecified atom stereocenters. The Balaban J connectivity index is 2.38. The van der Waals surface area contributed by atoms with Crippen molar-refractivity contribution in [2.45, 2.75) is 45.6 Å². The van der Waals surface area contributed by atoms with Gasteiger partial charge in [0, 0.05) is 31.9 Å². The number of allylic oxidation sites excluding steroid dienone is 3. The molecular formula is C24H34NO+. The third-order valence-electron chi connectivity index (χ3n) is 5.96. The van der Waals surface area contributed by atoms with Crippen molar-refractivity contribution in [2.75, 3.05) is 13.7 Å². The minimum Gasteiger partial charge on any atom is -0.396 e. The largest absolute Gasteiger partial charge is 0.396 e. The number of aliphatic hydroxyl groups excluding tert-OH is 1. The van der Waals surface area contributed by atoms with Crippen LogP contribution in [-0.4, -0.2) is 35.1 Å². The van der Waals surface area contributed by atoms with Crippen LogP contribution in [0.25, 0.3) is 6.08 Å². The van der Waals surface area contributed by atoms with Crippen LogP contribution in [0.5, 0.6) is 0 Å². The Hall–Kier alpha value is -1.93. The predicted octanol–water partition coefficient (Wildman–Crippen LogP) is 5.10. The van der Waals surface area contributed by atoms with E-state index in [1.54, 1.807) is 0 Å². The van der Waals surface area contributed by atoms with Crippen molar-refractivity contribution in [1.29, 1.82) is 0 Å². The molecule has 0 aromatic heterocycles. The van der Waals surface area contributed by atoms with E-state index < -0.39 is 0 Å². The first-order valence-electron chi connectivity index (χ1n) is 9.69. The number of hydrogen-bond donors (Lipinski definition) is 1. The zero-order valence-electron chi connectivity index (χ0n) is 16.8. The molecule has 0 radical (unpaired) electrons. The van der Waals surface area contributed by atoms with Gasteiger partial charge in [-0.15, -0.1) is 0 Å². The molecule has 1 aromatic carbocycles. The fourth-order valence-electron chi connectivity index (χ4n) is 4.27. The quantitative estimate of drug-likeness (QED) is 0.392. The smallest absolute Gasteiger partial charge is 0.166 e. The predicted molar refractivity (Wildman–Crippen MR) is 113 cm³/mol. The van der Waals surface area contributed by atoms with Gasteiger partial charge < -0.3 is 5.11 Å². The third kappa shape index (κ3) is 4.42. The Labute approximate surface area is 159 Å². The van der Waals surface area contributed by atoms with Gasteiger partial charge in [-0.05, 0) is 36.8 Å². The summed E-state index contributed by atoms with van der Waals surface area (Å²) in [5.41, 5.74) is 3.98. The minimum absolute atomic E-state index is 0.0778. The van der Waals surface area contributed by atoms with Gasteiger partial charge in [0.05, 0.1) is 0 Å². The van der Waals surface area contributed by atoms with E-state index in [1.807, 2.05) is 6.08 Å². The number of aliphatic hydroxyl groups is 1. The molecule has 0 heterocycles. The van der Waals surface area contributed by atoms with Crippen LogP contribution in [-0.2, 0) is 0 Å². The van der Waals surface area contributed by atoms with Gasteiger partial charge in [-0.2, -0.15) is 0 Å². The lowest BCUT2D eigenvalue weighted by atomic mass is 9.55. The summed E-state index contributed by atoms with van der Waals surface area (Å²) >= 11 is 0. The van der Waals surface area contributed by atoms with Crippen molar-refractivity contribution < 1.29 is 9.68 Å². The highest BCUT2D eigenvalue weighted by Crippen LogP contribution is 2.52. The zero-order chi connectivity index (χ0) is 19.2. The molecule has 1 saturated carbocycles. The summed E-state index contributed by atoms with van der Waals surface area (Å²) in [6.45, 7) is 10.8. The number of nitrogens with zero attached hydrogens (tertiary/aromatic N) is 1. The van der Waals surface area contributed by atoms with Crippen LogP contribution in [0.15, 0.2) is 60.2 Å². The van der Waals surface area contributed by atoms with Crippen LogP contribution in [0, 0.1) is 11.8 Å². The van der Waals surface area contributed by atoms with Crippen LogP contribution in [0.3, 0.4) is 0 Å². The molecule has 3 atom stereocenters. The highest BCUT2D eigenvalue weighted by Gasteiger charge is 2.57. The first-order valence-corrected chi connectivity index (χ1v) is 9.69. The third-order valence-corrected chi connectivity index (χ3v) is 5.96. The van der Waals surface area contributed by atoms with Crippen molar-refractivity contribution in [1.82, 2.24) is 0 Å². The van der Waals surface area contributed by atoms with Gasteiger partial charge in [-0.3, -0.25) is 0 Å². The molecule has 0 saturated heterocycles. The van der Waals surface area contributed by atoms with Gasteiger partial charge in [-0.25, -0.2) is 4.58 Å². The normalized spacial score (nSPS) is 27.2. The maximum Gasteiger partial charge on any atom is 0.166 e. The van der Waals surface area contributed by atoms with Crippen LogP contribution < -0.4 is 0 Å². The van der Waals surface area contributed by atoms with Gasteiger partial charge in [0.25, 0.3) is 0 Å². The van der Waals surface area contributed by atoms with Gasteiger partial charge in [0.15, 0.2) is 11.8 Å². The highest BCUT2D eigenvalue weighted by atomic mass is 16.3. The molecule has 140 valence electrons. The Bertz CT molecular complexity index is 698. The molecule has 26 heavy (non-hydrogen) atoms. The Morgan fingerprint density at radius 3 is 2.62 bits per heavy atom. The lowest BCUT2D eigenvalue weighted by molar-refractivity contribution is -0.606. The summed E-state index contributed by atoms with van der Waals surface area (Å²) in [5, 5.41) is 9.52. The van der Waals surface area contributed by atoms with E-state index in [9.17, 15) is 5.11 Å². The SMILES string of the molecule is C=C/C(C)=C/C=[N+](C)C1(C)CC(CCO)C1/C(=C/c1ccccc1)CC. The van der Waals surface area contributed by atoms with Crippen molar-refractivity contribution >= 4 is 12.3 Å². The van der Waals surface area contributed by atoms with E-state index in [0.717, 1.165) is 19.3 Å². The minimum atomic E-state index is 0.0778. The molecule has 1 fully saturated rings. The molecule has 1 N–H and O–H groups in total. The molecular weight excluding hydrogens is 318 g/mol. The summed E-state index contributed by atoms with van der Waals surface area (Å²) < 4.78 is 2.35. The van der Waals surface area contributed by atoms with E-state index in [2.05, 4.69) is 87.7 Å². The molecule has 0 amide bonds. The fourth-order valence-corrected chi connectivity index (χ4v) is 4.27. The molecule has 0 aliphatic heterocycles. The maximum atomic E-state index is 9.52. The van der Waals surface area contributed by atoms with E-state index in [4.69, 9.17) is 0 Å². The Kier molecular flexibility index (Phi) is 7.16. The van der Waals surface area contributed by atoms with Crippen molar-refractivity contribution in [3.63, 3.8) is 0 Å². The second kappa shape index (κ2) is 9.14. The van der Waals surface area contributed by atoms with Gasteiger partial charge >= 0.3 is 0 Å². The standard InChI is InChI=1S/C24H34NO/c1-6-19(3)13-15-25(5)24(4)18-22(14-16-26)23(24)21(7-2)17-20-11-9-8-10-12-20/h6,8-13,15,17,22-23,26H,1,7,14,16,18H2,2-5H3/q+1/b19-13+,21-17+,25-15?. The molecule has 0 spiro atoms. The van der Waals surface area contributed by atoms with Gasteiger partial charge in [-0.1, -0.05) is 61.6 Å². The summed E-state index contributed by atoms with van der Waals surface area (Å²) in [7, 11) is 2.17. The number of hydrogen-bond acceptors (Lipinski definition) is 1. The van der Waals surface area contributed by atoms with E-state index in [1.165, 1.54) is 16.7 Å². The lowest BCUT2D eigenvalue weighted by Gasteiger charge is -2.50. The molecule has 2 heteroatoms. The Morgan fingerprint density at radius 2 is 2.04 bits per heavy atom. The average Bonchev–Trinajstić information content (AvgIpc) is 2.65. The second-order valence-electron chi connectivity index (χ2n) is 7.67. The van der Waals surface area contributed by atoms with Crippen LogP contribution in [0.4, 0.5) is 0 Å². The first-order chi connectivity index (χ1) is 12.5. The number of rotatable bonds is 8. The monoisotopic (exact) mass is 352 g/mol.